The van der Waals surface area contributed by atoms with Crippen LogP contribution in [0.2, 0.25) is 0 Å². The molecule has 0 aliphatic rings. The van der Waals surface area contributed by atoms with E-state index in [0.29, 0.717) is 12.1 Å². The van der Waals surface area contributed by atoms with E-state index in [9.17, 15) is 0 Å². The van der Waals surface area contributed by atoms with E-state index in [0.717, 1.165) is 0 Å². The van der Waals surface area contributed by atoms with Crippen LogP contribution in [0.15, 0.2) is 11.3 Å². The van der Waals surface area contributed by atoms with E-state index in [2.05, 4.69) is 12.2 Å². The first kappa shape index (κ1) is 8.92. The molecule has 0 unspecified atom stereocenters. The van der Waals surface area contributed by atoms with Crippen molar-refractivity contribution in [1.82, 2.24) is 0 Å². The maximum Gasteiger partial charge on any atom is 0.116 e. The summed E-state index contributed by atoms with van der Waals surface area (Å²) in [5.41, 5.74) is 11.3. The maximum atomic E-state index is 8.44. The van der Waals surface area contributed by atoms with Gasteiger partial charge in [0, 0.05) is 5.70 Å². The Kier molecular flexibility index (Phi) is 3.44. The van der Waals surface area contributed by atoms with Crippen molar-refractivity contribution in [2.75, 3.05) is 0 Å². The molecule has 4 heteroatoms. The van der Waals surface area contributed by atoms with Gasteiger partial charge in [0.15, 0.2) is 0 Å². The summed E-state index contributed by atoms with van der Waals surface area (Å²) in [5, 5.41) is 8.44. The summed E-state index contributed by atoms with van der Waals surface area (Å²) in [6, 6.07) is 1.84. The van der Waals surface area contributed by atoms with E-state index >= 15 is 0 Å². The lowest BCUT2D eigenvalue weighted by atomic mass is 10.2. The molecule has 0 spiro atoms. The smallest absolute Gasteiger partial charge is 0.116 e. The van der Waals surface area contributed by atoms with Gasteiger partial charge >= 0.3 is 0 Å². The zero-order valence-corrected chi connectivity index (χ0v) is 6.53. The summed E-state index contributed by atoms with van der Waals surface area (Å²) < 4.78 is 0. The predicted octanol–water partition coefficient (Wildman–Crippen LogP) is 0.419. The van der Waals surface area contributed by atoms with Crippen molar-refractivity contribution in [3.63, 3.8) is 0 Å². The van der Waals surface area contributed by atoms with Crippen molar-refractivity contribution >= 4 is 17.2 Å². The quantitative estimate of drug-likeness (QED) is 0.344. The summed E-state index contributed by atoms with van der Waals surface area (Å²) in [4.78, 5) is 0.0712. The monoisotopic (exact) mass is 155 g/mol. The van der Waals surface area contributed by atoms with Crippen LogP contribution in [0.25, 0.3) is 0 Å². The molecule has 0 rings (SSSR count). The molecule has 0 aliphatic heterocycles. The zero-order valence-electron chi connectivity index (χ0n) is 5.72. The van der Waals surface area contributed by atoms with Crippen LogP contribution in [0.1, 0.15) is 13.3 Å². The van der Waals surface area contributed by atoms with Gasteiger partial charge in [-0.05, 0) is 6.42 Å². The molecule has 0 aromatic carbocycles. The fraction of sp³-hybridized carbons (Fsp3) is 0.333. The van der Waals surface area contributed by atoms with Gasteiger partial charge in [-0.1, -0.05) is 19.1 Å². The van der Waals surface area contributed by atoms with Crippen molar-refractivity contribution in [3.8, 4) is 6.07 Å². The van der Waals surface area contributed by atoms with E-state index in [1.54, 1.807) is 0 Å². The van der Waals surface area contributed by atoms with E-state index in [1.165, 1.54) is 0 Å². The second-order valence-electron chi connectivity index (χ2n) is 1.73. The van der Waals surface area contributed by atoms with E-state index in [1.807, 2.05) is 13.0 Å². The van der Waals surface area contributed by atoms with Gasteiger partial charge in [-0.3, -0.25) is 0 Å². The molecule has 0 radical (unpaired) electrons. The van der Waals surface area contributed by atoms with Crippen LogP contribution < -0.4 is 11.5 Å². The average Bonchev–Trinajstić information content (AvgIpc) is 1.88. The number of nitriles is 1. The van der Waals surface area contributed by atoms with Gasteiger partial charge in [-0.15, -0.1) is 0 Å². The lowest BCUT2D eigenvalue weighted by Gasteiger charge is -1.98. The first-order chi connectivity index (χ1) is 4.63. The molecule has 0 amide bonds. The largest absolute Gasteiger partial charge is 0.401 e. The Hall–Kier alpha value is -1.08. The molecule has 0 aromatic heterocycles. The first-order valence-electron chi connectivity index (χ1n) is 2.82. The van der Waals surface area contributed by atoms with Gasteiger partial charge in [-0.25, -0.2) is 0 Å². The van der Waals surface area contributed by atoms with Gasteiger partial charge in [0.2, 0.25) is 0 Å². The van der Waals surface area contributed by atoms with Crippen molar-refractivity contribution in [3.05, 3.63) is 11.3 Å². The number of allylic oxidation sites excluding steroid dienone is 1. The normalized spacial score (nSPS) is 11.6. The summed E-state index contributed by atoms with van der Waals surface area (Å²) >= 11 is 4.58. The van der Waals surface area contributed by atoms with Crippen LogP contribution in [0, 0.1) is 11.3 Å². The molecule has 0 atom stereocenters. The van der Waals surface area contributed by atoms with E-state index in [4.69, 9.17) is 16.7 Å². The molecule has 0 saturated carbocycles. The van der Waals surface area contributed by atoms with Crippen molar-refractivity contribution in [2.45, 2.75) is 13.3 Å². The maximum absolute atomic E-state index is 8.44. The Bertz CT molecular complexity index is 212. The minimum atomic E-state index is 0.0712. The average molecular weight is 155 g/mol. The molecule has 0 saturated heterocycles. The summed E-state index contributed by atoms with van der Waals surface area (Å²) in [5.74, 6) is 0. The number of nitrogens with zero attached hydrogens (tertiary/aromatic N) is 1. The number of hydrogen-bond donors (Lipinski definition) is 2. The van der Waals surface area contributed by atoms with Crippen LogP contribution in [0.5, 0.6) is 0 Å². The van der Waals surface area contributed by atoms with Crippen molar-refractivity contribution in [1.29, 1.82) is 5.26 Å². The van der Waals surface area contributed by atoms with Crippen LogP contribution in [0.4, 0.5) is 0 Å². The van der Waals surface area contributed by atoms with Gasteiger partial charge in [-0.2, -0.15) is 5.26 Å². The van der Waals surface area contributed by atoms with Crippen LogP contribution in [-0.2, 0) is 0 Å². The van der Waals surface area contributed by atoms with Crippen molar-refractivity contribution in [2.24, 2.45) is 11.5 Å². The highest BCUT2D eigenvalue weighted by Gasteiger charge is 2.02. The van der Waals surface area contributed by atoms with E-state index < -0.39 is 0 Å². The minimum absolute atomic E-state index is 0.0712. The van der Waals surface area contributed by atoms with Gasteiger partial charge in [0.05, 0.1) is 0 Å². The SMILES string of the molecule is CC/C(N)=C(\C#N)C(N)=S. The summed E-state index contributed by atoms with van der Waals surface area (Å²) in [7, 11) is 0. The molecular weight excluding hydrogens is 146 g/mol. The second kappa shape index (κ2) is 3.85. The van der Waals surface area contributed by atoms with Crippen LogP contribution in [0.3, 0.4) is 0 Å². The first-order valence-corrected chi connectivity index (χ1v) is 3.22. The molecule has 0 aromatic rings. The van der Waals surface area contributed by atoms with Crippen LogP contribution >= 0.6 is 12.2 Å². The molecule has 0 bridgehead atoms. The third-order valence-electron chi connectivity index (χ3n) is 1.06. The molecule has 0 heterocycles. The highest BCUT2D eigenvalue weighted by molar-refractivity contribution is 7.80. The number of hydrogen-bond acceptors (Lipinski definition) is 3. The van der Waals surface area contributed by atoms with E-state index in [-0.39, 0.29) is 10.6 Å². The summed E-state index contributed by atoms with van der Waals surface area (Å²) in [6.45, 7) is 1.84. The Morgan fingerprint density at radius 1 is 1.60 bits per heavy atom. The molecule has 3 nitrogen and oxygen atoms in total. The second-order valence-corrected chi connectivity index (χ2v) is 2.17. The predicted molar refractivity (Wildman–Crippen MR) is 43.9 cm³/mol. The standard InChI is InChI=1S/C6H9N3S/c1-2-5(8)4(3-7)6(9)10/h2,8H2,1H3,(H2,9,10)/b5-4-. The third-order valence-corrected chi connectivity index (χ3v) is 1.26. The fourth-order valence-corrected chi connectivity index (χ4v) is 0.639. The Balaban J connectivity index is 4.68. The fourth-order valence-electron chi connectivity index (χ4n) is 0.462. The molecule has 4 N–H and O–H groups in total. The van der Waals surface area contributed by atoms with Crippen LogP contribution in [-0.4, -0.2) is 4.99 Å². The molecule has 0 fully saturated rings. The van der Waals surface area contributed by atoms with Gasteiger partial charge < -0.3 is 11.5 Å². The highest BCUT2D eigenvalue weighted by Crippen LogP contribution is 2.00. The Morgan fingerprint density at radius 2 is 2.10 bits per heavy atom. The third kappa shape index (κ3) is 2.03. The highest BCUT2D eigenvalue weighted by atomic mass is 32.1. The van der Waals surface area contributed by atoms with Gasteiger partial charge in [0.1, 0.15) is 16.6 Å². The minimum Gasteiger partial charge on any atom is -0.401 e. The molecular formula is C6H9N3S. The molecule has 54 valence electrons. The van der Waals surface area contributed by atoms with Crippen molar-refractivity contribution < 1.29 is 0 Å². The lowest BCUT2D eigenvalue weighted by Crippen LogP contribution is -2.15. The number of thiocarbonyl (C=S) groups is 1. The summed E-state index contributed by atoms with van der Waals surface area (Å²) in [6.07, 6.45) is 0.597. The Labute approximate surface area is 65.3 Å². The zero-order chi connectivity index (χ0) is 8.15. The molecule has 10 heavy (non-hydrogen) atoms. The Morgan fingerprint density at radius 3 is 2.20 bits per heavy atom. The lowest BCUT2D eigenvalue weighted by molar-refractivity contribution is 1.06. The number of nitrogens with two attached hydrogens (primary N) is 2. The molecule has 0 aliphatic carbocycles. The number of rotatable bonds is 2. The van der Waals surface area contributed by atoms with Gasteiger partial charge in [0.25, 0.3) is 0 Å². The topological polar surface area (TPSA) is 75.8 Å².